The molecule has 1 fully saturated rings. The maximum absolute atomic E-state index is 13.8. The number of rotatable bonds is 1. The van der Waals surface area contributed by atoms with Crippen LogP contribution in [0.5, 0.6) is 0 Å². The van der Waals surface area contributed by atoms with Crippen LogP contribution >= 0.6 is 0 Å². The number of hydrogen-bond donors (Lipinski definition) is 0. The maximum Gasteiger partial charge on any atom is 0.128 e. The molecule has 0 radical (unpaired) electrons. The Morgan fingerprint density at radius 1 is 1.33 bits per heavy atom. The second kappa shape index (κ2) is 3.34. The number of halogens is 1. The Kier molecular flexibility index (Phi) is 2.26. The zero-order valence-electron chi connectivity index (χ0n) is 9.10. The van der Waals surface area contributed by atoms with Crippen LogP contribution in [0.3, 0.4) is 0 Å². The van der Waals surface area contributed by atoms with Gasteiger partial charge in [-0.2, -0.15) is 5.26 Å². The van der Waals surface area contributed by atoms with Gasteiger partial charge in [0.2, 0.25) is 0 Å². The Morgan fingerprint density at radius 2 is 2.00 bits per heavy atom. The molecule has 0 amide bonds. The first-order chi connectivity index (χ1) is 7.10. The largest absolute Gasteiger partial charge is 0.207 e. The van der Waals surface area contributed by atoms with Crippen LogP contribution in [0.15, 0.2) is 12.1 Å². The van der Waals surface area contributed by atoms with Crippen LogP contribution in [0.2, 0.25) is 0 Å². The second-order valence-corrected chi connectivity index (χ2v) is 4.41. The molecule has 0 bridgehead atoms. The Bertz CT molecular complexity index is 439. The molecule has 0 unspecified atom stereocenters. The van der Waals surface area contributed by atoms with E-state index < -0.39 is 5.41 Å². The maximum atomic E-state index is 13.8. The fourth-order valence-electron chi connectivity index (χ4n) is 2.32. The monoisotopic (exact) mass is 203 g/mol. The number of nitrogens with zero attached hydrogens (tertiary/aromatic N) is 1. The minimum Gasteiger partial charge on any atom is -0.207 e. The molecule has 0 heterocycles. The van der Waals surface area contributed by atoms with Gasteiger partial charge in [-0.3, -0.25) is 0 Å². The highest BCUT2D eigenvalue weighted by Gasteiger charge is 2.42. The minimum atomic E-state index is -0.541. The predicted octanol–water partition coefficient (Wildman–Crippen LogP) is 3.39. The van der Waals surface area contributed by atoms with Crippen molar-refractivity contribution in [3.8, 4) is 6.07 Å². The summed E-state index contributed by atoms with van der Waals surface area (Å²) in [5.74, 6) is -0.223. The van der Waals surface area contributed by atoms with E-state index in [1.165, 1.54) is 6.07 Å². The van der Waals surface area contributed by atoms with Crippen molar-refractivity contribution in [2.45, 2.75) is 38.5 Å². The molecule has 1 saturated carbocycles. The first-order valence-electron chi connectivity index (χ1n) is 5.28. The van der Waals surface area contributed by atoms with Crippen molar-refractivity contribution in [3.05, 3.63) is 34.6 Å². The fraction of sp³-hybridized carbons (Fsp3) is 0.462. The molecule has 0 spiro atoms. The first kappa shape index (κ1) is 10.2. The van der Waals surface area contributed by atoms with Gasteiger partial charge in [0.05, 0.1) is 11.5 Å². The van der Waals surface area contributed by atoms with E-state index >= 15 is 0 Å². The highest BCUT2D eigenvalue weighted by Crippen LogP contribution is 2.45. The van der Waals surface area contributed by atoms with Crippen molar-refractivity contribution in [2.24, 2.45) is 0 Å². The van der Waals surface area contributed by atoms with E-state index in [0.29, 0.717) is 5.56 Å². The highest BCUT2D eigenvalue weighted by molar-refractivity contribution is 5.45. The second-order valence-electron chi connectivity index (χ2n) is 4.41. The smallest absolute Gasteiger partial charge is 0.128 e. The van der Waals surface area contributed by atoms with E-state index in [1.807, 2.05) is 13.8 Å². The zero-order valence-corrected chi connectivity index (χ0v) is 9.10. The lowest BCUT2D eigenvalue weighted by Crippen LogP contribution is -2.34. The third-order valence-electron chi connectivity index (χ3n) is 3.58. The SMILES string of the molecule is Cc1ccc(F)c(C2(C#N)CCC2)c1C. The third-order valence-corrected chi connectivity index (χ3v) is 3.58. The van der Waals surface area contributed by atoms with Gasteiger partial charge < -0.3 is 0 Å². The summed E-state index contributed by atoms with van der Waals surface area (Å²) in [5, 5.41) is 9.21. The summed E-state index contributed by atoms with van der Waals surface area (Å²) in [4.78, 5) is 0. The van der Waals surface area contributed by atoms with Gasteiger partial charge in [-0.05, 0) is 50.3 Å². The minimum absolute atomic E-state index is 0.223. The average Bonchev–Trinajstić information content (AvgIpc) is 2.16. The molecule has 1 aliphatic carbocycles. The van der Waals surface area contributed by atoms with Gasteiger partial charge in [-0.25, -0.2) is 4.39 Å². The topological polar surface area (TPSA) is 23.8 Å². The van der Waals surface area contributed by atoms with Crippen LogP contribution in [0.1, 0.15) is 36.0 Å². The molecule has 2 rings (SSSR count). The predicted molar refractivity (Wildman–Crippen MR) is 57.0 cm³/mol. The number of benzene rings is 1. The molecule has 1 aromatic carbocycles. The number of hydrogen-bond acceptors (Lipinski definition) is 1. The Hall–Kier alpha value is -1.36. The van der Waals surface area contributed by atoms with Crippen LogP contribution in [0.25, 0.3) is 0 Å². The summed E-state index contributed by atoms with van der Waals surface area (Å²) < 4.78 is 13.8. The number of nitriles is 1. The Labute approximate surface area is 89.5 Å². The quantitative estimate of drug-likeness (QED) is 0.686. The van der Waals surface area contributed by atoms with Gasteiger partial charge in [-0.15, -0.1) is 0 Å². The van der Waals surface area contributed by atoms with E-state index in [0.717, 1.165) is 30.4 Å². The summed E-state index contributed by atoms with van der Waals surface area (Å²) in [6, 6.07) is 5.56. The van der Waals surface area contributed by atoms with Gasteiger partial charge in [0, 0.05) is 5.56 Å². The lowest BCUT2D eigenvalue weighted by Gasteiger charge is -2.37. The molecule has 0 N–H and O–H groups in total. The van der Waals surface area contributed by atoms with Gasteiger partial charge in [-0.1, -0.05) is 6.07 Å². The van der Waals surface area contributed by atoms with E-state index in [2.05, 4.69) is 6.07 Å². The Balaban J connectivity index is 2.62. The van der Waals surface area contributed by atoms with Gasteiger partial charge in [0.15, 0.2) is 0 Å². The van der Waals surface area contributed by atoms with E-state index in [9.17, 15) is 9.65 Å². The van der Waals surface area contributed by atoms with E-state index in [1.54, 1.807) is 6.07 Å². The highest BCUT2D eigenvalue weighted by atomic mass is 19.1. The van der Waals surface area contributed by atoms with Crippen molar-refractivity contribution >= 4 is 0 Å². The van der Waals surface area contributed by atoms with Crippen LogP contribution in [-0.4, -0.2) is 0 Å². The molecule has 78 valence electrons. The summed E-state index contributed by atoms with van der Waals surface area (Å²) in [7, 11) is 0. The lowest BCUT2D eigenvalue weighted by molar-refractivity contribution is 0.311. The van der Waals surface area contributed by atoms with Crippen LogP contribution in [-0.2, 0) is 5.41 Å². The molecule has 2 heteroatoms. The van der Waals surface area contributed by atoms with E-state index in [4.69, 9.17) is 0 Å². The molecule has 0 atom stereocenters. The Morgan fingerprint density at radius 3 is 2.47 bits per heavy atom. The summed E-state index contributed by atoms with van der Waals surface area (Å²) >= 11 is 0. The van der Waals surface area contributed by atoms with Crippen LogP contribution in [0.4, 0.5) is 4.39 Å². The molecule has 1 aromatic rings. The summed E-state index contributed by atoms with van der Waals surface area (Å²) in [5.41, 5.74) is 2.10. The molecule has 0 saturated heterocycles. The molecular formula is C13H14FN. The van der Waals surface area contributed by atoms with Gasteiger partial charge in [0.25, 0.3) is 0 Å². The van der Waals surface area contributed by atoms with Gasteiger partial charge >= 0.3 is 0 Å². The molecule has 15 heavy (non-hydrogen) atoms. The van der Waals surface area contributed by atoms with Crippen LogP contribution < -0.4 is 0 Å². The van der Waals surface area contributed by atoms with Crippen molar-refractivity contribution in [3.63, 3.8) is 0 Å². The zero-order chi connectivity index (χ0) is 11.1. The van der Waals surface area contributed by atoms with Gasteiger partial charge in [0.1, 0.15) is 5.82 Å². The standard InChI is InChI=1S/C13H14FN/c1-9-4-5-11(14)12(10(9)2)13(8-15)6-3-7-13/h4-5H,3,6-7H2,1-2H3. The molecular weight excluding hydrogens is 189 g/mol. The van der Waals surface area contributed by atoms with E-state index in [-0.39, 0.29) is 5.82 Å². The molecule has 1 nitrogen and oxygen atoms in total. The van der Waals surface area contributed by atoms with Crippen LogP contribution in [0, 0.1) is 31.0 Å². The fourth-order valence-corrected chi connectivity index (χ4v) is 2.32. The van der Waals surface area contributed by atoms with Crippen molar-refractivity contribution < 1.29 is 4.39 Å². The van der Waals surface area contributed by atoms with Crippen molar-refractivity contribution in [1.82, 2.24) is 0 Å². The van der Waals surface area contributed by atoms with Crippen molar-refractivity contribution in [2.75, 3.05) is 0 Å². The lowest BCUT2D eigenvalue weighted by atomic mass is 9.64. The normalized spacial score (nSPS) is 18.0. The molecule has 0 aliphatic heterocycles. The number of aryl methyl sites for hydroxylation is 1. The average molecular weight is 203 g/mol. The molecule has 1 aliphatic rings. The third kappa shape index (κ3) is 1.34. The summed E-state index contributed by atoms with van der Waals surface area (Å²) in [6.45, 7) is 3.87. The first-order valence-corrected chi connectivity index (χ1v) is 5.28. The molecule has 0 aromatic heterocycles. The van der Waals surface area contributed by atoms with Crippen molar-refractivity contribution in [1.29, 1.82) is 5.26 Å². The summed E-state index contributed by atoms with van der Waals surface area (Å²) in [6.07, 6.45) is 2.62.